The molecule has 20 heavy (non-hydrogen) atoms. The molecule has 3 nitrogen and oxygen atoms in total. The van der Waals surface area contributed by atoms with Gasteiger partial charge in [-0.1, -0.05) is 12.1 Å². The Hall–Kier alpha value is -2.47. The second-order valence-corrected chi connectivity index (χ2v) is 4.58. The summed E-state index contributed by atoms with van der Waals surface area (Å²) in [5.41, 5.74) is 3.80. The summed E-state index contributed by atoms with van der Waals surface area (Å²) in [6.07, 6.45) is 0. The summed E-state index contributed by atoms with van der Waals surface area (Å²) in [6, 6.07) is 16.0. The van der Waals surface area contributed by atoms with Gasteiger partial charge in [0, 0.05) is 18.3 Å². The van der Waals surface area contributed by atoms with Crippen LogP contribution in [-0.4, -0.2) is 13.7 Å². The molecule has 0 bridgehead atoms. The maximum atomic E-state index is 9.31. The van der Waals surface area contributed by atoms with E-state index in [1.165, 1.54) is 5.56 Å². The molecule has 0 heterocycles. The van der Waals surface area contributed by atoms with E-state index < -0.39 is 0 Å². The van der Waals surface area contributed by atoms with Crippen LogP contribution in [0, 0.1) is 18.3 Å². The van der Waals surface area contributed by atoms with Crippen LogP contribution >= 0.6 is 0 Å². The SMILES string of the molecule is CCN(c1cccc(C)c1)c1cc(OC)ccc1C#N. The van der Waals surface area contributed by atoms with Gasteiger partial charge in [0.1, 0.15) is 11.8 Å². The first kappa shape index (κ1) is 14.0. The number of nitrogens with zero attached hydrogens (tertiary/aromatic N) is 2. The Balaban J connectivity index is 2.54. The van der Waals surface area contributed by atoms with Crippen LogP contribution < -0.4 is 9.64 Å². The summed E-state index contributed by atoms with van der Waals surface area (Å²) in [7, 11) is 1.63. The molecule has 2 aromatic carbocycles. The standard InChI is InChI=1S/C17H18N2O/c1-4-19(15-7-5-6-13(2)10-15)17-11-16(20-3)9-8-14(17)12-18/h5-11H,4H2,1-3H3. The highest BCUT2D eigenvalue weighted by Crippen LogP contribution is 2.31. The number of hydrogen-bond donors (Lipinski definition) is 0. The van der Waals surface area contributed by atoms with Crippen LogP contribution in [-0.2, 0) is 0 Å². The van der Waals surface area contributed by atoms with E-state index in [1.54, 1.807) is 13.2 Å². The van der Waals surface area contributed by atoms with E-state index in [0.29, 0.717) is 5.56 Å². The predicted molar refractivity (Wildman–Crippen MR) is 81.6 cm³/mol. The summed E-state index contributed by atoms with van der Waals surface area (Å²) >= 11 is 0. The predicted octanol–water partition coefficient (Wildman–Crippen LogP) is 4.03. The third-order valence-electron chi connectivity index (χ3n) is 3.25. The van der Waals surface area contributed by atoms with Gasteiger partial charge in [0.05, 0.1) is 18.4 Å². The first-order valence-corrected chi connectivity index (χ1v) is 6.62. The fraction of sp³-hybridized carbons (Fsp3) is 0.235. The van der Waals surface area contributed by atoms with E-state index in [2.05, 4.69) is 43.0 Å². The lowest BCUT2D eigenvalue weighted by atomic mass is 10.1. The van der Waals surface area contributed by atoms with Gasteiger partial charge < -0.3 is 9.64 Å². The van der Waals surface area contributed by atoms with Crippen molar-refractivity contribution in [3.8, 4) is 11.8 Å². The molecule has 0 N–H and O–H groups in total. The zero-order valence-electron chi connectivity index (χ0n) is 12.1. The number of rotatable bonds is 4. The Kier molecular flexibility index (Phi) is 4.27. The second-order valence-electron chi connectivity index (χ2n) is 4.58. The summed E-state index contributed by atoms with van der Waals surface area (Å²) < 4.78 is 5.27. The molecule has 0 saturated carbocycles. The molecule has 0 aliphatic rings. The Morgan fingerprint density at radius 2 is 2.00 bits per heavy atom. The highest BCUT2D eigenvalue weighted by Gasteiger charge is 2.13. The topological polar surface area (TPSA) is 36.3 Å². The minimum absolute atomic E-state index is 0.647. The summed E-state index contributed by atoms with van der Waals surface area (Å²) in [5, 5.41) is 9.31. The molecule has 2 rings (SSSR count). The Bertz CT molecular complexity index is 644. The second kappa shape index (κ2) is 6.12. The van der Waals surface area contributed by atoms with E-state index in [1.807, 2.05) is 18.2 Å². The van der Waals surface area contributed by atoms with Crippen molar-refractivity contribution >= 4 is 11.4 Å². The minimum Gasteiger partial charge on any atom is -0.497 e. The molecule has 0 fully saturated rings. The van der Waals surface area contributed by atoms with Crippen LogP contribution in [0.5, 0.6) is 5.75 Å². The number of hydrogen-bond acceptors (Lipinski definition) is 3. The number of anilines is 2. The number of ether oxygens (including phenoxy) is 1. The highest BCUT2D eigenvalue weighted by atomic mass is 16.5. The van der Waals surface area contributed by atoms with Crippen LogP contribution in [0.2, 0.25) is 0 Å². The molecule has 0 amide bonds. The van der Waals surface area contributed by atoms with Crippen molar-refractivity contribution in [1.29, 1.82) is 5.26 Å². The maximum absolute atomic E-state index is 9.31. The molecule has 0 radical (unpaired) electrons. The monoisotopic (exact) mass is 266 g/mol. The molecule has 0 atom stereocenters. The van der Waals surface area contributed by atoms with Gasteiger partial charge in [0.15, 0.2) is 0 Å². The van der Waals surface area contributed by atoms with Crippen molar-refractivity contribution in [3.05, 3.63) is 53.6 Å². The smallest absolute Gasteiger partial charge is 0.121 e. The van der Waals surface area contributed by atoms with E-state index in [0.717, 1.165) is 23.7 Å². The van der Waals surface area contributed by atoms with E-state index in [4.69, 9.17) is 4.74 Å². The van der Waals surface area contributed by atoms with Crippen molar-refractivity contribution in [2.45, 2.75) is 13.8 Å². The average molecular weight is 266 g/mol. The zero-order valence-corrected chi connectivity index (χ0v) is 12.1. The molecule has 0 aliphatic heterocycles. The van der Waals surface area contributed by atoms with Crippen LogP contribution in [0.3, 0.4) is 0 Å². The van der Waals surface area contributed by atoms with Gasteiger partial charge in [-0.3, -0.25) is 0 Å². The minimum atomic E-state index is 0.647. The van der Waals surface area contributed by atoms with Crippen molar-refractivity contribution in [2.24, 2.45) is 0 Å². The van der Waals surface area contributed by atoms with Crippen molar-refractivity contribution < 1.29 is 4.74 Å². The Labute approximate surface area is 120 Å². The molecular weight excluding hydrogens is 248 g/mol. The van der Waals surface area contributed by atoms with Crippen LogP contribution in [0.4, 0.5) is 11.4 Å². The number of nitriles is 1. The van der Waals surface area contributed by atoms with Crippen molar-refractivity contribution in [2.75, 3.05) is 18.6 Å². The first-order valence-electron chi connectivity index (χ1n) is 6.62. The zero-order chi connectivity index (χ0) is 14.5. The fourth-order valence-electron chi connectivity index (χ4n) is 2.24. The summed E-state index contributed by atoms with van der Waals surface area (Å²) in [6.45, 7) is 4.92. The molecule has 0 saturated heterocycles. The molecule has 102 valence electrons. The summed E-state index contributed by atoms with van der Waals surface area (Å²) in [4.78, 5) is 2.12. The molecule has 0 unspecified atom stereocenters. The van der Waals surface area contributed by atoms with Crippen molar-refractivity contribution in [1.82, 2.24) is 0 Å². The fourth-order valence-corrected chi connectivity index (χ4v) is 2.24. The largest absolute Gasteiger partial charge is 0.497 e. The van der Waals surface area contributed by atoms with E-state index >= 15 is 0 Å². The quantitative estimate of drug-likeness (QED) is 0.838. The van der Waals surface area contributed by atoms with Gasteiger partial charge in [0.25, 0.3) is 0 Å². The van der Waals surface area contributed by atoms with E-state index in [-0.39, 0.29) is 0 Å². The first-order chi connectivity index (χ1) is 9.69. The van der Waals surface area contributed by atoms with Gasteiger partial charge in [-0.2, -0.15) is 5.26 Å². The average Bonchev–Trinajstić information content (AvgIpc) is 2.48. The molecular formula is C17H18N2O. The number of methoxy groups -OCH3 is 1. The normalized spacial score (nSPS) is 9.90. The van der Waals surface area contributed by atoms with Gasteiger partial charge in [-0.15, -0.1) is 0 Å². The van der Waals surface area contributed by atoms with Crippen molar-refractivity contribution in [3.63, 3.8) is 0 Å². The van der Waals surface area contributed by atoms with Gasteiger partial charge >= 0.3 is 0 Å². The lowest BCUT2D eigenvalue weighted by Gasteiger charge is -2.25. The molecule has 0 aromatic heterocycles. The van der Waals surface area contributed by atoms with Gasteiger partial charge in [-0.05, 0) is 43.7 Å². The van der Waals surface area contributed by atoms with E-state index in [9.17, 15) is 5.26 Å². The third kappa shape index (κ3) is 2.75. The Morgan fingerprint density at radius 3 is 2.60 bits per heavy atom. The highest BCUT2D eigenvalue weighted by molar-refractivity contribution is 5.71. The molecule has 0 aliphatic carbocycles. The lowest BCUT2D eigenvalue weighted by molar-refractivity contribution is 0.415. The van der Waals surface area contributed by atoms with Gasteiger partial charge in [-0.25, -0.2) is 0 Å². The molecule has 2 aromatic rings. The summed E-state index contributed by atoms with van der Waals surface area (Å²) in [5.74, 6) is 0.755. The lowest BCUT2D eigenvalue weighted by Crippen LogP contribution is -2.17. The van der Waals surface area contributed by atoms with Crippen LogP contribution in [0.15, 0.2) is 42.5 Å². The number of aryl methyl sites for hydroxylation is 1. The Morgan fingerprint density at radius 1 is 1.20 bits per heavy atom. The molecule has 0 spiro atoms. The molecule has 3 heteroatoms. The van der Waals surface area contributed by atoms with Crippen LogP contribution in [0.1, 0.15) is 18.1 Å². The number of benzene rings is 2. The van der Waals surface area contributed by atoms with Crippen LogP contribution in [0.25, 0.3) is 0 Å². The third-order valence-corrected chi connectivity index (χ3v) is 3.25. The maximum Gasteiger partial charge on any atom is 0.121 e. The van der Waals surface area contributed by atoms with Gasteiger partial charge in [0.2, 0.25) is 0 Å².